The Morgan fingerprint density at radius 3 is 2.47 bits per heavy atom. The van der Waals surface area contributed by atoms with E-state index < -0.39 is 6.09 Å². The summed E-state index contributed by atoms with van der Waals surface area (Å²) in [6, 6.07) is 34.7. The van der Waals surface area contributed by atoms with E-state index in [9.17, 15) is 4.79 Å². The van der Waals surface area contributed by atoms with Crippen LogP contribution in [0.15, 0.2) is 109 Å². The summed E-state index contributed by atoms with van der Waals surface area (Å²) < 4.78 is 11.2. The molecule has 2 atom stereocenters. The lowest BCUT2D eigenvalue weighted by Gasteiger charge is -2.46. The molecule has 38 heavy (non-hydrogen) atoms. The van der Waals surface area contributed by atoms with Gasteiger partial charge in [0.2, 0.25) is 0 Å². The van der Waals surface area contributed by atoms with Gasteiger partial charge in [-0.1, -0.05) is 97.1 Å². The van der Waals surface area contributed by atoms with Crippen molar-refractivity contribution >= 4 is 17.5 Å². The first-order valence-corrected chi connectivity index (χ1v) is 13.0. The van der Waals surface area contributed by atoms with Crippen molar-refractivity contribution in [2.24, 2.45) is 0 Å². The van der Waals surface area contributed by atoms with Gasteiger partial charge in [0.1, 0.15) is 12.4 Å². The van der Waals surface area contributed by atoms with E-state index in [-0.39, 0.29) is 18.7 Å². The molecule has 0 radical (unpaired) electrons. The second-order valence-electron chi connectivity index (χ2n) is 9.67. The first-order valence-electron chi connectivity index (χ1n) is 13.0. The Morgan fingerprint density at radius 1 is 0.921 bits per heavy atom. The van der Waals surface area contributed by atoms with Gasteiger partial charge in [0, 0.05) is 5.70 Å². The Balaban J connectivity index is 1.38. The predicted molar refractivity (Wildman–Crippen MR) is 150 cm³/mol. The molecular formula is C33H30N2O3. The number of carbonyl (C=O) groups is 1. The summed E-state index contributed by atoms with van der Waals surface area (Å²) in [6.07, 6.45) is 3.42. The highest BCUT2D eigenvalue weighted by Crippen LogP contribution is 2.51. The maximum atomic E-state index is 13.0. The van der Waals surface area contributed by atoms with E-state index in [1.807, 2.05) is 48.5 Å². The number of hydrogen-bond acceptors (Lipinski definition) is 4. The normalized spacial score (nSPS) is 17.7. The third-order valence-corrected chi connectivity index (χ3v) is 7.37. The average Bonchev–Trinajstić information content (AvgIpc) is 2.98. The van der Waals surface area contributed by atoms with Gasteiger partial charge in [-0.2, -0.15) is 0 Å². The Labute approximate surface area is 223 Å². The molecule has 0 unspecified atom stereocenters. The van der Waals surface area contributed by atoms with Gasteiger partial charge < -0.3 is 19.7 Å². The minimum atomic E-state index is -0.413. The zero-order valence-electron chi connectivity index (χ0n) is 21.3. The first-order chi connectivity index (χ1) is 18.7. The molecule has 5 nitrogen and oxygen atoms in total. The van der Waals surface area contributed by atoms with Crippen molar-refractivity contribution in [1.82, 2.24) is 5.32 Å². The number of benzene rings is 4. The van der Waals surface area contributed by atoms with Crippen LogP contribution in [0.25, 0.3) is 5.70 Å². The number of methoxy groups -OCH3 is 1. The number of rotatable bonds is 6. The van der Waals surface area contributed by atoms with Crippen molar-refractivity contribution in [3.8, 4) is 5.75 Å². The van der Waals surface area contributed by atoms with Crippen LogP contribution < -0.4 is 15.0 Å². The summed E-state index contributed by atoms with van der Waals surface area (Å²) in [5, 5.41) is 3.19. The molecule has 0 aliphatic carbocycles. The molecule has 6 rings (SSSR count). The molecule has 0 saturated heterocycles. The zero-order valence-corrected chi connectivity index (χ0v) is 21.3. The smallest absolute Gasteiger partial charge is 0.407 e. The monoisotopic (exact) mass is 502 g/mol. The van der Waals surface area contributed by atoms with Crippen molar-refractivity contribution in [3.05, 3.63) is 137 Å². The first kappa shape index (κ1) is 23.9. The van der Waals surface area contributed by atoms with Gasteiger partial charge >= 0.3 is 6.09 Å². The predicted octanol–water partition coefficient (Wildman–Crippen LogP) is 7.21. The van der Waals surface area contributed by atoms with Gasteiger partial charge in [-0.15, -0.1) is 0 Å². The van der Waals surface area contributed by atoms with Gasteiger partial charge in [-0.05, 0) is 52.8 Å². The second-order valence-corrected chi connectivity index (χ2v) is 9.67. The molecule has 0 bridgehead atoms. The summed E-state index contributed by atoms with van der Waals surface area (Å²) >= 11 is 0. The molecular weight excluding hydrogens is 472 g/mol. The second kappa shape index (κ2) is 10.5. The molecule has 1 amide bonds. The highest BCUT2D eigenvalue weighted by Gasteiger charge is 2.39. The molecule has 2 heterocycles. The number of hydrogen-bond donors (Lipinski definition) is 1. The van der Waals surface area contributed by atoms with Gasteiger partial charge in [0.15, 0.2) is 0 Å². The molecule has 1 N–H and O–H groups in total. The molecule has 0 saturated carbocycles. The van der Waals surface area contributed by atoms with Crippen molar-refractivity contribution in [2.75, 3.05) is 12.0 Å². The number of allylic oxidation sites excluding steroid dienone is 1. The number of alkyl carbamates (subject to hydrolysis) is 1. The third-order valence-electron chi connectivity index (χ3n) is 7.37. The Kier molecular flexibility index (Phi) is 6.57. The van der Waals surface area contributed by atoms with Crippen LogP contribution in [0, 0.1) is 0 Å². The zero-order chi connectivity index (χ0) is 25.9. The Hall–Kier alpha value is -4.51. The number of ether oxygens (including phenoxy) is 2. The number of carbonyl (C=O) groups excluding carboxylic acids is 1. The molecule has 4 aromatic rings. The van der Waals surface area contributed by atoms with E-state index in [4.69, 9.17) is 9.47 Å². The van der Waals surface area contributed by atoms with Crippen molar-refractivity contribution < 1.29 is 14.3 Å². The molecule has 2 aliphatic rings. The molecule has 4 aromatic carbocycles. The topological polar surface area (TPSA) is 50.8 Å². The minimum absolute atomic E-state index is 0.00932. The van der Waals surface area contributed by atoms with Crippen molar-refractivity contribution in [3.63, 3.8) is 0 Å². The Morgan fingerprint density at radius 2 is 1.68 bits per heavy atom. The number of anilines is 1. The van der Waals surface area contributed by atoms with Crippen molar-refractivity contribution in [1.29, 1.82) is 0 Å². The lowest BCUT2D eigenvalue weighted by Crippen LogP contribution is -2.41. The fourth-order valence-corrected chi connectivity index (χ4v) is 5.60. The largest absolute Gasteiger partial charge is 0.497 e. The highest BCUT2D eigenvalue weighted by atomic mass is 16.5. The average molecular weight is 503 g/mol. The minimum Gasteiger partial charge on any atom is -0.497 e. The fourth-order valence-electron chi connectivity index (χ4n) is 5.60. The van der Waals surface area contributed by atoms with E-state index >= 15 is 0 Å². The highest BCUT2D eigenvalue weighted by molar-refractivity contribution is 5.87. The quantitative estimate of drug-likeness (QED) is 0.303. The van der Waals surface area contributed by atoms with E-state index in [1.54, 1.807) is 7.11 Å². The van der Waals surface area contributed by atoms with Crippen LogP contribution in [-0.2, 0) is 17.8 Å². The third kappa shape index (κ3) is 4.63. The molecule has 0 spiro atoms. The molecule has 2 aliphatic heterocycles. The number of para-hydroxylation sites is 1. The maximum Gasteiger partial charge on any atom is 0.407 e. The Bertz CT molecular complexity index is 1470. The molecule has 0 fully saturated rings. The van der Waals surface area contributed by atoms with E-state index in [1.165, 1.54) is 22.5 Å². The lowest BCUT2D eigenvalue weighted by molar-refractivity contribution is 0.134. The summed E-state index contributed by atoms with van der Waals surface area (Å²) in [7, 11) is 1.69. The summed E-state index contributed by atoms with van der Waals surface area (Å²) in [5.74, 6) is 0.815. The number of nitrogens with zero attached hydrogens (tertiary/aromatic N) is 1. The van der Waals surface area contributed by atoms with Crippen LogP contribution in [0.5, 0.6) is 5.75 Å². The van der Waals surface area contributed by atoms with Gasteiger partial charge in [0.25, 0.3) is 0 Å². The SMILES string of the molecule is COc1cccc([C@@H]2C[C@H](NC(=O)OCc3ccccc3)c3cccc4c3N2C(c2ccccc2)=CC4)c1. The number of amides is 1. The van der Waals surface area contributed by atoms with Gasteiger partial charge in [-0.25, -0.2) is 4.79 Å². The molecule has 0 aromatic heterocycles. The van der Waals surface area contributed by atoms with Crippen LogP contribution in [0.1, 0.15) is 46.3 Å². The lowest BCUT2D eigenvalue weighted by atomic mass is 9.82. The maximum absolute atomic E-state index is 13.0. The molecule has 190 valence electrons. The van der Waals surface area contributed by atoms with Crippen molar-refractivity contribution in [2.45, 2.75) is 31.5 Å². The molecule has 5 heteroatoms. The van der Waals surface area contributed by atoms with E-state index in [0.29, 0.717) is 6.42 Å². The van der Waals surface area contributed by atoms with Crippen LogP contribution in [-0.4, -0.2) is 13.2 Å². The van der Waals surface area contributed by atoms with Crippen LogP contribution in [0.2, 0.25) is 0 Å². The fraction of sp³-hybridized carbons (Fsp3) is 0.182. The van der Waals surface area contributed by atoms with Gasteiger partial charge in [-0.3, -0.25) is 0 Å². The summed E-state index contributed by atoms with van der Waals surface area (Å²) in [5.41, 5.74) is 7.98. The van der Waals surface area contributed by atoms with Crippen LogP contribution in [0.4, 0.5) is 10.5 Å². The summed E-state index contributed by atoms with van der Waals surface area (Å²) in [4.78, 5) is 15.4. The van der Waals surface area contributed by atoms with Crippen LogP contribution in [0.3, 0.4) is 0 Å². The van der Waals surface area contributed by atoms with E-state index in [2.05, 4.69) is 70.9 Å². The number of nitrogens with one attached hydrogen (secondary N) is 1. The van der Waals surface area contributed by atoms with E-state index in [0.717, 1.165) is 28.9 Å². The standard InChI is InChI=1S/C33H30N2O3/c1-37-27-16-8-15-26(20-27)31-21-29(34-33(36)38-22-23-10-4-2-5-11-23)28-17-9-14-25-18-19-30(35(31)32(25)28)24-12-6-3-7-13-24/h2-17,19-20,29,31H,18,21-22H2,1H3,(H,34,36)/t29-,31-/m0/s1. The van der Waals surface area contributed by atoms with Gasteiger partial charge in [0.05, 0.1) is 24.9 Å². The van der Waals surface area contributed by atoms with Crippen LogP contribution >= 0.6 is 0 Å². The summed E-state index contributed by atoms with van der Waals surface area (Å²) in [6.45, 7) is 0.235.